The van der Waals surface area contributed by atoms with Gasteiger partial charge in [-0.1, -0.05) is 6.07 Å². The van der Waals surface area contributed by atoms with Crippen LogP contribution < -0.4 is 14.8 Å². The molecule has 2 atom stereocenters. The number of benzene rings is 2. The number of halogens is 6. The summed E-state index contributed by atoms with van der Waals surface area (Å²) in [6, 6.07) is 5.42. The molecule has 7 nitrogen and oxygen atoms in total. The van der Waals surface area contributed by atoms with E-state index in [9.17, 15) is 39.6 Å². The molecule has 0 aromatic heterocycles. The van der Waals surface area contributed by atoms with E-state index >= 15 is 0 Å². The molecule has 240 valence electrons. The molecule has 2 unspecified atom stereocenters. The van der Waals surface area contributed by atoms with Crippen molar-refractivity contribution in [1.29, 1.82) is 0 Å². The van der Waals surface area contributed by atoms with Gasteiger partial charge in [0, 0.05) is 6.42 Å². The van der Waals surface area contributed by atoms with Crippen molar-refractivity contribution in [2.45, 2.75) is 69.8 Å². The molecular weight excluding hydrogens is 604 g/mol. The van der Waals surface area contributed by atoms with Crippen LogP contribution >= 0.6 is 0 Å². The molecule has 2 aromatic carbocycles. The van der Waals surface area contributed by atoms with Crippen LogP contribution in [-0.2, 0) is 43.3 Å². The highest BCUT2D eigenvalue weighted by Crippen LogP contribution is 2.43. The smallest absolute Gasteiger partial charge is 0.416 e. The van der Waals surface area contributed by atoms with Crippen LogP contribution in [0.5, 0.6) is 11.5 Å². The molecule has 0 spiro atoms. The first-order valence-corrected chi connectivity index (χ1v) is 15.6. The van der Waals surface area contributed by atoms with Gasteiger partial charge in [-0.05, 0) is 92.9 Å². The minimum atomic E-state index is -5.04. The fourth-order valence-electron chi connectivity index (χ4n) is 5.34. The van der Waals surface area contributed by atoms with Gasteiger partial charge in [-0.25, -0.2) is 0 Å². The zero-order valence-electron chi connectivity index (χ0n) is 24.0. The van der Waals surface area contributed by atoms with E-state index < -0.39 is 62.8 Å². The number of Topliss-reactive ketones (excluding diaryl/α,β-unsaturated/α-hetero) is 1. The Bertz CT molecular complexity index is 1350. The Morgan fingerprint density at radius 2 is 1.56 bits per heavy atom. The highest BCUT2D eigenvalue weighted by atomic mass is 32.2. The molecule has 1 fully saturated rings. The Hall–Kier alpha value is -2.84. The van der Waals surface area contributed by atoms with Crippen molar-refractivity contribution in [3.8, 4) is 11.5 Å². The summed E-state index contributed by atoms with van der Waals surface area (Å²) in [5, 5.41) is 3.08. The van der Waals surface area contributed by atoms with E-state index in [1.165, 1.54) is 0 Å². The number of nitrogens with one attached hydrogen (secondary N) is 1. The first-order chi connectivity index (χ1) is 20.0. The highest BCUT2D eigenvalue weighted by Gasteiger charge is 2.40. The minimum absolute atomic E-state index is 0.0204. The van der Waals surface area contributed by atoms with Gasteiger partial charge in [-0.2, -0.15) is 34.8 Å². The van der Waals surface area contributed by atoms with Gasteiger partial charge in [0.25, 0.3) is 10.1 Å². The lowest BCUT2D eigenvalue weighted by atomic mass is 9.70. The van der Waals surface area contributed by atoms with Crippen molar-refractivity contribution in [2.24, 2.45) is 0 Å². The highest BCUT2D eigenvalue weighted by molar-refractivity contribution is 7.85. The monoisotopic (exact) mass is 639 g/mol. The first-order valence-electron chi connectivity index (χ1n) is 13.8. The summed E-state index contributed by atoms with van der Waals surface area (Å²) < 4.78 is 120. The number of carbonyl (C=O) groups is 1. The Kier molecular flexibility index (Phi) is 11.2. The second-order valence-electron chi connectivity index (χ2n) is 10.5. The molecular formula is C29H35F6NO6S. The lowest BCUT2D eigenvalue weighted by Gasteiger charge is -2.36. The van der Waals surface area contributed by atoms with E-state index in [4.69, 9.17) is 13.7 Å². The Balaban J connectivity index is 2.01. The third-order valence-corrected chi connectivity index (χ3v) is 7.86. The number of rotatable bonds is 12. The molecule has 0 radical (unpaired) electrons. The molecule has 1 heterocycles. The van der Waals surface area contributed by atoms with Gasteiger partial charge >= 0.3 is 12.4 Å². The van der Waals surface area contributed by atoms with Crippen molar-refractivity contribution < 1.29 is 53.2 Å². The van der Waals surface area contributed by atoms with Gasteiger partial charge in [0.2, 0.25) is 0 Å². The fraction of sp³-hybridized carbons (Fsp3) is 0.552. The van der Waals surface area contributed by atoms with Gasteiger partial charge in [0.1, 0.15) is 0 Å². The van der Waals surface area contributed by atoms with E-state index in [0.717, 1.165) is 6.26 Å². The Morgan fingerprint density at radius 1 is 0.953 bits per heavy atom. The summed E-state index contributed by atoms with van der Waals surface area (Å²) in [5.41, 5.74) is -3.55. The average molecular weight is 640 g/mol. The van der Waals surface area contributed by atoms with Gasteiger partial charge in [0.05, 0.1) is 43.2 Å². The second kappa shape index (κ2) is 13.9. The van der Waals surface area contributed by atoms with Gasteiger partial charge in [0.15, 0.2) is 17.3 Å². The summed E-state index contributed by atoms with van der Waals surface area (Å²) in [6.45, 7) is 4.44. The van der Waals surface area contributed by atoms with E-state index in [0.29, 0.717) is 61.8 Å². The molecule has 43 heavy (non-hydrogen) atoms. The van der Waals surface area contributed by atoms with E-state index in [-0.39, 0.29) is 25.5 Å². The lowest BCUT2D eigenvalue weighted by Crippen LogP contribution is -2.42. The maximum Gasteiger partial charge on any atom is 0.416 e. The van der Waals surface area contributed by atoms with Crippen LogP contribution in [0.1, 0.15) is 61.8 Å². The van der Waals surface area contributed by atoms with E-state index in [2.05, 4.69) is 5.32 Å². The van der Waals surface area contributed by atoms with Gasteiger partial charge < -0.3 is 14.8 Å². The van der Waals surface area contributed by atoms with Crippen LogP contribution in [-0.4, -0.2) is 52.9 Å². The molecule has 1 aliphatic heterocycles. The standard InChI is InChI=1S/C29H35F6NO6S/c1-4-40-25-8-7-20(17-26(25)41-5-2)27(10-12-42-43(3,38)39)9-6-11-36-23(18-27)24(37)15-19-13-21(28(30,31)32)16-22(14-19)29(33,34)35/h7-8,13-14,16-17,23,36H,4-6,9-12,15,18H2,1-3H3. The molecule has 0 bridgehead atoms. The van der Waals surface area contributed by atoms with E-state index in [1.54, 1.807) is 25.1 Å². The lowest BCUT2D eigenvalue weighted by molar-refractivity contribution is -0.143. The molecule has 1 aliphatic rings. The number of hydrogen-bond acceptors (Lipinski definition) is 7. The summed E-state index contributed by atoms with van der Waals surface area (Å²) in [7, 11) is -3.79. The Morgan fingerprint density at radius 3 is 2.12 bits per heavy atom. The van der Waals surface area contributed by atoms with Crippen molar-refractivity contribution in [3.63, 3.8) is 0 Å². The summed E-state index contributed by atoms with van der Waals surface area (Å²) in [4.78, 5) is 13.5. The fourth-order valence-corrected chi connectivity index (χ4v) is 5.73. The van der Waals surface area contributed by atoms with Gasteiger partial charge in [-0.3, -0.25) is 8.98 Å². The third-order valence-electron chi connectivity index (χ3n) is 7.27. The number of ketones is 1. The summed E-state index contributed by atoms with van der Waals surface area (Å²) in [5.74, 6) is 0.327. The van der Waals surface area contributed by atoms with Crippen LogP contribution in [0.25, 0.3) is 0 Å². The maximum atomic E-state index is 13.5. The van der Waals surface area contributed by atoms with Crippen LogP contribution in [0.3, 0.4) is 0 Å². The second-order valence-corrected chi connectivity index (χ2v) is 12.1. The van der Waals surface area contributed by atoms with Crippen LogP contribution in [0.15, 0.2) is 36.4 Å². The van der Waals surface area contributed by atoms with Crippen LogP contribution in [0.4, 0.5) is 26.3 Å². The Labute approximate surface area is 247 Å². The molecule has 1 saturated heterocycles. The van der Waals surface area contributed by atoms with Crippen molar-refractivity contribution >= 4 is 15.9 Å². The summed E-state index contributed by atoms with van der Waals surface area (Å²) in [6.07, 6.45) is -8.57. The largest absolute Gasteiger partial charge is 0.490 e. The van der Waals surface area contributed by atoms with Crippen molar-refractivity contribution in [2.75, 3.05) is 32.6 Å². The maximum absolute atomic E-state index is 13.5. The number of ether oxygens (including phenoxy) is 2. The number of alkyl halides is 6. The van der Waals surface area contributed by atoms with Crippen molar-refractivity contribution in [3.05, 3.63) is 58.7 Å². The number of carbonyl (C=O) groups excluding carboxylic acids is 1. The minimum Gasteiger partial charge on any atom is -0.490 e. The van der Waals surface area contributed by atoms with Crippen molar-refractivity contribution in [1.82, 2.24) is 5.32 Å². The van der Waals surface area contributed by atoms with Crippen LogP contribution in [0.2, 0.25) is 0 Å². The summed E-state index contributed by atoms with van der Waals surface area (Å²) >= 11 is 0. The molecule has 2 aromatic rings. The van der Waals surface area contributed by atoms with E-state index in [1.807, 2.05) is 6.92 Å². The number of hydrogen-bond donors (Lipinski definition) is 1. The SMILES string of the molecule is CCOc1ccc(C2(CCOS(C)(=O)=O)CCCNC(C(=O)Cc3cc(C(F)(F)F)cc(C(F)(F)F)c3)C2)cc1OCC. The molecule has 0 aliphatic carbocycles. The molecule has 0 saturated carbocycles. The normalized spacial score (nSPS) is 20.0. The zero-order valence-corrected chi connectivity index (χ0v) is 24.8. The molecule has 0 amide bonds. The molecule has 1 N–H and O–H groups in total. The van der Waals surface area contributed by atoms with Crippen LogP contribution in [0, 0.1) is 0 Å². The predicted molar refractivity (Wildman–Crippen MR) is 147 cm³/mol. The average Bonchev–Trinajstić information content (AvgIpc) is 3.12. The molecule has 3 rings (SSSR count). The zero-order chi connectivity index (χ0) is 32.1. The topological polar surface area (TPSA) is 90.9 Å². The first kappa shape index (κ1) is 34.6. The predicted octanol–water partition coefficient (Wildman–Crippen LogP) is 6.08. The molecule has 14 heteroatoms. The quantitative estimate of drug-likeness (QED) is 0.222. The third kappa shape index (κ3) is 9.57. The van der Waals surface area contributed by atoms with Gasteiger partial charge in [-0.15, -0.1) is 0 Å².